The monoisotopic (exact) mass is 514 g/mol. The van der Waals surface area contributed by atoms with Crippen LogP contribution in [0.4, 0.5) is 0 Å². The third kappa shape index (κ3) is 5.28. The van der Waals surface area contributed by atoms with E-state index in [1.165, 1.54) is 6.07 Å². The molecular weight excluding hydrogens is 488 g/mol. The summed E-state index contributed by atoms with van der Waals surface area (Å²) in [5.74, 6) is -1.95. The second-order valence-electron chi connectivity index (χ2n) is 8.71. The van der Waals surface area contributed by atoms with Gasteiger partial charge in [-0.3, -0.25) is 9.59 Å². The fourth-order valence-electron chi connectivity index (χ4n) is 4.28. The Labute approximate surface area is 212 Å². The number of carbonyl (C=O) groups is 2. The van der Waals surface area contributed by atoms with E-state index < -0.39 is 48.3 Å². The maximum atomic E-state index is 13.0. The normalized spacial score (nSPS) is 22.2. The summed E-state index contributed by atoms with van der Waals surface area (Å²) in [6.07, 6.45) is -3.34. The molecule has 1 aliphatic rings. The van der Waals surface area contributed by atoms with E-state index in [9.17, 15) is 30.0 Å². The molecule has 0 unspecified atom stereocenters. The van der Waals surface area contributed by atoms with Crippen molar-refractivity contribution in [3.8, 4) is 5.69 Å². The van der Waals surface area contributed by atoms with Crippen molar-refractivity contribution in [1.82, 2.24) is 20.0 Å². The van der Waals surface area contributed by atoms with E-state index in [1.54, 1.807) is 60.4 Å². The van der Waals surface area contributed by atoms with Crippen molar-refractivity contribution >= 4 is 23.4 Å². The number of aliphatic hydroxyl groups excluding tert-OH is 4. The van der Waals surface area contributed by atoms with Crippen molar-refractivity contribution in [1.29, 1.82) is 0 Å². The van der Waals surface area contributed by atoms with E-state index >= 15 is 0 Å². The van der Waals surface area contributed by atoms with Gasteiger partial charge in [0.1, 0.15) is 6.10 Å². The van der Waals surface area contributed by atoms with Gasteiger partial charge in [-0.05, 0) is 48.4 Å². The van der Waals surface area contributed by atoms with Gasteiger partial charge >= 0.3 is 0 Å². The van der Waals surface area contributed by atoms with Gasteiger partial charge in [-0.2, -0.15) is 5.10 Å². The van der Waals surface area contributed by atoms with Crippen molar-refractivity contribution in [3.63, 3.8) is 0 Å². The van der Waals surface area contributed by atoms with Crippen LogP contribution < -0.4 is 5.32 Å². The fourth-order valence-corrected chi connectivity index (χ4v) is 4.48. The summed E-state index contributed by atoms with van der Waals surface area (Å²) in [5.41, 5.74) is 2.00. The standard InChI is InChI=1S/C25H27ClN4O6/c1-14(15-6-8-18(9-7-15)30-11-3-10-27-30)28-24(35)22(33)23(34)25(36)29-13-19(31)21(32)20(29)16-4-2-5-17(26)12-16/h2-12,14,19-23,31-34H,13H2,1H3,(H,28,35)/t14-,19+,20-,21+,22-,23-/m1/s1. The Kier molecular flexibility index (Phi) is 7.72. The zero-order chi connectivity index (χ0) is 26.0. The topological polar surface area (TPSA) is 148 Å². The lowest BCUT2D eigenvalue weighted by Crippen LogP contribution is -2.51. The number of carbonyl (C=O) groups excluding carboxylic acids is 2. The molecule has 0 bridgehead atoms. The lowest BCUT2D eigenvalue weighted by atomic mass is 10.0. The molecule has 11 heteroatoms. The third-order valence-electron chi connectivity index (χ3n) is 6.25. The molecule has 4 rings (SSSR count). The number of aromatic nitrogens is 2. The van der Waals surface area contributed by atoms with Gasteiger partial charge in [-0.25, -0.2) is 4.68 Å². The first kappa shape index (κ1) is 25.8. The van der Waals surface area contributed by atoms with Crippen molar-refractivity contribution < 1.29 is 30.0 Å². The number of halogens is 1. The van der Waals surface area contributed by atoms with E-state index in [0.29, 0.717) is 10.6 Å². The summed E-state index contributed by atoms with van der Waals surface area (Å²) in [7, 11) is 0. The molecule has 0 saturated carbocycles. The number of nitrogens with zero attached hydrogens (tertiary/aromatic N) is 3. The van der Waals surface area contributed by atoms with E-state index in [1.807, 2.05) is 12.1 Å². The summed E-state index contributed by atoms with van der Waals surface area (Å²) >= 11 is 6.03. The van der Waals surface area contributed by atoms with Crippen LogP contribution in [-0.4, -0.2) is 77.9 Å². The Morgan fingerprint density at radius 1 is 1.08 bits per heavy atom. The summed E-state index contributed by atoms with van der Waals surface area (Å²) < 4.78 is 1.68. The second-order valence-corrected chi connectivity index (χ2v) is 9.15. The number of hydrogen-bond donors (Lipinski definition) is 5. The first-order chi connectivity index (χ1) is 17.2. The fraction of sp³-hybridized carbons (Fsp3) is 0.320. The number of rotatable bonds is 7. The van der Waals surface area contributed by atoms with Gasteiger partial charge in [0.05, 0.1) is 30.4 Å². The Hall–Kier alpha value is -3.28. The lowest BCUT2D eigenvalue weighted by molar-refractivity contribution is -0.154. The van der Waals surface area contributed by atoms with Crippen molar-refractivity contribution in [2.75, 3.05) is 6.54 Å². The molecule has 0 aliphatic carbocycles. The van der Waals surface area contributed by atoms with E-state index in [0.717, 1.165) is 16.2 Å². The molecule has 2 amide bonds. The highest BCUT2D eigenvalue weighted by Gasteiger charge is 2.46. The van der Waals surface area contributed by atoms with Crippen molar-refractivity contribution in [3.05, 3.63) is 83.1 Å². The molecule has 190 valence electrons. The number of β-amino-alcohol motifs (C(OH)–C–C–N with tert-alkyl or cyclic N) is 1. The minimum absolute atomic E-state index is 0.290. The summed E-state index contributed by atoms with van der Waals surface area (Å²) in [6, 6.07) is 13.9. The first-order valence-corrected chi connectivity index (χ1v) is 11.7. The predicted molar refractivity (Wildman–Crippen MR) is 130 cm³/mol. The van der Waals surface area contributed by atoms with Crippen LogP contribution in [0.3, 0.4) is 0 Å². The molecular formula is C25H27ClN4O6. The molecule has 6 atom stereocenters. The quantitative estimate of drug-likeness (QED) is 0.312. The van der Waals surface area contributed by atoms with Crippen LogP contribution in [0.1, 0.15) is 30.1 Å². The molecule has 1 saturated heterocycles. The van der Waals surface area contributed by atoms with Gasteiger partial charge in [0.25, 0.3) is 11.8 Å². The first-order valence-electron chi connectivity index (χ1n) is 11.4. The predicted octanol–water partition coefficient (Wildman–Crippen LogP) is 0.730. The SMILES string of the molecule is C[C@@H](NC(=O)[C@H](O)[C@@H](O)C(=O)N1C[C@H](O)[C@H](O)[C@H]1c1cccc(Cl)c1)c1ccc(-n2cccn2)cc1. The molecule has 2 heterocycles. The molecule has 5 N–H and O–H groups in total. The van der Waals surface area contributed by atoms with E-state index in [4.69, 9.17) is 11.6 Å². The highest BCUT2D eigenvalue weighted by molar-refractivity contribution is 6.30. The molecule has 10 nitrogen and oxygen atoms in total. The minimum Gasteiger partial charge on any atom is -0.388 e. The van der Waals surface area contributed by atoms with Gasteiger partial charge in [0, 0.05) is 17.4 Å². The summed E-state index contributed by atoms with van der Waals surface area (Å²) in [4.78, 5) is 26.7. The summed E-state index contributed by atoms with van der Waals surface area (Å²) in [5, 5.41) is 48.7. The van der Waals surface area contributed by atoms with Crippen LogP contribution in [-0.2, 0) is 9.59 Å². The number of aliphatic hydroxyl groups is 4. The summed E-state index contributed by atoms with van der Waals surface area (Å²) in [6.45, 7) is 1.41. The van der Waals surface area contributed by atoms with E-state index in [2.05, 4.69) is 10.4 Å². The largest absolute Gasteiger partial charge is 0.388 e. The number of benzene rings is 2. The molecule has 0 radical (unpaired) electrons. The van der Waals surface area contributed by atoms with Gasteiger partial charge in [-0.1, -0.05) is 35.9 Å². The average Bonchev–Trinajstić information content (AvgIpc) is 3.51. The lowest BCUT2D eigenvalue weighted by Gasteiger charge is -2.29. The maximum absolute atomic E-state index is 13.0. The molecule has 36 heavy (non-hydrogen) atoms. The maximum Gasteiger partial charge on any atom is 0.255 e. The Balaban J connectivity index is 1.42. The molecule has 1 aliphatic heterocycles. The number of nitrogens with one attached hydrogen (secondary N) is 1. The smallest absolute Gasteiger partial charge is 0.255 e. The third-order valence-corrected chi connectivity index (χ3v) is 6.49. The Morgan fingerprint density at radius 2 is 1.81 bits per heavy atom. The van der Waals surface area contributed by atoms with Crippen LogP contribution in [0.2, 0.25) is 5.02 Å². The van der Waals surface area contributed by atoms with Crippen LogP contribution in [0.25, 0.3) is 5.69 Å². The van der Waals surface area contributed by atoms with Crippen molar-refractivity contribution in [2.24, 2.45) is 0 Å². The van der Waals surface area contributed by atoms with Gasteiger partial charge in [-0.15, -0.1) is 0 Å². The molecule has 0 spiro atoms. The number of amides is 2. The molecule has 1 fully saturated rings. The molecule has 1 aromatic heterocycles. The highest BCUT2D eigenvalue weighted by atomic mass is 35.5. The zero-order valence-electron chi connectivity index (χ0n) is 19.3. The number of likely N-dealkylation sites (tertiary alicyclic amines) is 1. The molecule has 3 aromatic rings. The van der Waals surface area contributed by atoms with E-state index in [-0.39, 0.29) is 6.54 Å². The van der Waals surface area contributed by atoms with Crippen LogP contribution >= 0.6 is 11.6 Å². The van der Waals surface area contributed by atoms with Gasteiger partial charge < -0.3 is 30.6 Å². The van der Waals surface area contributed by atoms with Crippen LogP contribution in [0.5, 0.6) is 0 Å². The molecule has 2 aromatic carbocycles. The van der Waals surface area contributed by atoms with Gasteiger partial charge in [0.15, 0.2) is 12.2 Å². The second kappa shape index (κ2) is 10.8. The number of hydrogen-bond acceptors (Lipinski definition) is 7. The van der Waals surface area contributed by atoms with Gasteiger partial charge in [0.2, 0.25) is 0 Å². The van der Waals surface area contributed by atoms with Crippen LogP contribution in [0.15, 0.2) is 67.0 Å². The Bertz CT molecular complexity index is 1210. The zero-order valence-corrected chi connectivity index (χ0v) is 20.1. The minimum atomic E-state index is -2.11. The van der Waals surface area contributed by atoms with Crippen LogP contribution in [0, 0.1) is 0 Å². The highest BCUT2D eigenvalue weighted by Crippen LogP contribution is 2.34. The Morgan fingerprint density at radius 3 is 2.44 bits per heavy atom. The average molecular weight is 515 g/mol. The van der Waals surface area contributed by atoms with Crippen molar-refractivity contribution in [2.45, 2.75) is 43.4 Å².